The van der Waals surface area contributed by atoms with Crippen LogP contribution in [-0.4, -0.2) is 22.6 Å². The average molecular weight is 466 g/mol. The predicted octanol–water partition coefficient (Wildman–Crippen LogP) is 7.66. The van der Waals surface area contributed by atoms with Crippen LogP contribution in [0.1, 0.15) is 20.8 Å². The van der Waals surface area contributed by atoms with E-state index in [1.54, 1.807) is 18.2 Å². The highest BCUT2D eigenvalue weighted by Gasteiger charge is 2.11. The molecule has 164 valence electrons. The molecule has 0 saturated heterocycles. The number of hydrogen-bond donors (Lipinski definition) is 2. The maximum absolute atomic E-state index is 6.13. The van der Waals surface area contributed by atoms with Crippen LogP contribution in [0.25, 0.3) is 10.9 Å². The standard InChI is InChI=1S/C25H25Cl2N5/c1-4-32(16(2)3)21-11-9-19(10-12-21)28-24-22-7-5-6-8-23(22)30-25(31-24)29-20-14-17(26)13-18(27)15-20/h5-16H,4H2,1-3H3,(H2,28,29,30,31). The van der Waals surface area contributed by atoms with Gasteiger partial charge in [0.15, 0.2) is 0 Å². The third-order valence-corrected chi connectivity index (χ3v) is 5.58. The van der Waals surface area contributed by atoms with Crippen LogP contribution in [0.5, 0.6) is 0 Å². The van der Waals surface area contributed by atoms with Crippen molar-refractivity contribution in [2.75, 3.05) is 22.1 Å². The summed E-state index contributed by atoms with van der Waals surface area (Å²) in [4.78, 5) is 11.7. The molecule has 0 unspecified atom stereocenters. The molecule has 32 heavy (non-hydrogen) atoms. The molecule has 0 fully saturated rings. The second-order valence-corrected chi connectivity index (χ2v) is 8.62. The number of aromatic nitrogens is 2. The number of nitrogens with one attached hydrogen (secondary N) is 2. The van der Waals surface area contributed by atoms with E-state index >= 15 is 0 Å². The van der Waals surface area contributed by atoms with Gasteiger partial charge in [0.25, 0.3) is 0 Å². The Labute approximate surface area is 198 Å². The summed E-state index contributed by atoms with van der Waals surface area (Å²) in [6.07, 6.45) is 0. The molecule has 0 aliphatic rings. The van der Waals surface area contributed by atoms with Crippen molar-refractivity contribution in [3.05, 3.63) is 76.8 Å². The second-order valence-electron chi connectivity index (χ2n) is 7.75. The van der Waals surface area contributed by atoms with E-state index in [4.69, 9.17) is 28.2 Å². The van der Waals surface area contributed by atoms with Crippen molar-refractivity contribution in [2.24, 2.45) is 0 Å². The van der Waals surface area contributed by atoms with Gasteiger partial charge in [-0.15, -0.1) is 0 Å². The lowest BCUT2D eigenvalue weighted by Gasteiger charge is -2.27. The van der Waals surface area contributed by atoms with Gasteiger partial charge in [0.1, 0.15) is 5.82 Å². The summed E-state index contributed by atoms with van der Waals surface area (Å²) in [5.74, 6) is 1.17. The van der Waals surface area contributed by atoms with Gasteiger partial charge >= 0.3 is 0 Å². The molecule has 7 heteroatoms. The first-order chi connectivity index (χ1) is 15.4. The maximum atomic E-state index is 6.13. The van der Waals surface area contributed by atoms with Crippen LogP contribution in [0, 0.1) is 0 Å². The minimum absolute atomic E-state index is 0.443. The Kier molecular flexibility index (Phi) is 6.68. The van der Waals surface area contributed by atoms with E-state index in [2.05, 4.69) is 65.6 Å². The molecule has 0 saturated carbocycles. The van der Waals surface area contributed by atoms with Crippen molar-refractivity contribution in [3.63, 3.8) is 0 Å². The van der Waals surface area contributed by atoms with Crippen LogP contribution < -0.4 is 15.5 Å². The topological polar surface area (TPSA) is 53.1 Å². The molecular weight excluding hydrogens is 441 g/mol. The molecule has 0 atom stereocenters. The van der Waals surface area contributed by atoms with Gasteiger partial charge in [-0.25, -0.2) is 4.98 Å². The van der Waals surface area contributed by atoms with E-state index in [-0.39, 0.29) is 0 Å². The second kappa shape index (κ2) is 9.63. The van der Waals surface area contributed by atoms with Crippen molar-refractivity contribution in [1.82, 2.24) is 9.97 Å². The number of rotatable bonds is 7. The summed E-state index contributed by atoms with van der Waals surface area (Å²) in [5.41, 5.74) is 3.70. The molecule has 2 N–H and O–H groups in total. The van der Waals surface area contributed by atoms with E-state index < -0.39 is 0 Å². The number of fused-ring (bicyclic) bond motifs is 1. The van der Waals surface area contributed by atoms with Crippen LogP contribution in [0.15, 0.2) is 66.7 Å². The lowest BCUT2D eigenvalue weighted by Crippen LogP contribution is -2.30. The molecule has 3 aromatic carbocycles. The summed E-state index contributed by atoms with van der Waals surface area (Å²) in [6, 6.07) is 22.0. The molecular formula is C25H25Cl2N5. The number of nitrogens with zero attached hydrogens (tertiary/aromatic N) is 3. The van der Waals surface area contributed by atoms with Crippen molar-refractivity contribution in [1.29, 1.82) is 0 Å². The van der Waals surface area contributed by atoms with Gasteiger partial charge in [0, 0.05) is 45.1 Å². The van der Waals surface area contributed by atoms with E-state index in [1.807, 2.05) is 24.3 Å². The van der Waals surface area contributed by atoms with Gasteiger partial charge in [-0.2, -0.15) is 4.98 Å². The molecule has 0 spiro atoms. The minimum Gasteiger partial charge on any atom is -0.369 e. The molecule has 0 bridgehead atoms. The van der Waals surface area contributed by atoms with Crippen molar-refractivity contribution >= 4 is 62.9 Å². The quantitative estimate of drug-likeness (QED) is 0.293. The Hall–Kier alpha value is -3.02. The first kappa shape index (κ1) is 22.2. The van der Waals surface area contributed by atoms with E-state index in [0.717, 1.165) is 34.6 Å². The fourth-order valence-electron chi connectivity index (χ4n) is 3.70. The highest BCUT2D eigenvalue weighted by atomic mass is 35.5. The third-order valence-electron chi connectivity index (χ3n) is 5.15. The summed E-state index contributed by atoms with van der Waals surface area (Å²) < 4.78 is 0. The third kappa shape index (κ3) is 5.06. The largest absolute Gasteiger partial charge is 0.369 e. The molecule has 5 nitrogen and oxygen atoms in total. The van der Waals surface area contributed by atoms with Crippen LogP contribution in [0.2, 0.25) is 10.0 Å². The summed E-state index contributed by atoms with van der Waals surface area (Å²) >= 11 is 12.3. The summed E-state index contributed by atoms with van der Waals surface area (Å²) in [7, 11) is 0. The molecule has 4 rings (SSSR count). The number of benzene rings is 3. The van der Waals surface area contributed by atoms with Gasteiger partial charge in [0.05, 0.1) is 5.52 Å². The Morgan fingerprint density at radius 1 is 0.844 bits per heavy atom. The van der Waals surface area contributed by atoms with Gasteiger partial charge < -0.3 is 15.5 Å². The zero-order valence-corrected chi connectivity index (χ0v) is 19.7. The normalized spacial score (nSPS) is 11.1. The zero-order valence-electron chi connectivity index (χ0n) is 18.2. The monoisotopic (exact) mass is 465 g/mol. The van der Waals surface area contributed by atoms with Crippen molar-refractivity contribution < 1.29 is 0 Å². The highest BCUT2D eigenvalue weighted by Crippen LogP contribution is 2.29. The molecule has 1 heterocycles. The number of anilines is 5. The Balaban J connectivity index is 1.66. The van der Waals surface area contributed by atoms with Crippen molar-refractivity contribution in [2.45, 2.75) is 26.8 Å². The van der Waals surface area contributed by atoms with Gasteiger partial charge in [-0.1, -0.05) is 35.3 Å². The summed E-state index contributed by atoms with van der Waals surface area (Å²) in [6.45, 7) is 7.53. The maximum Gasteiger partial charge on any atom is 0.229 e. The zero-order chi connectivity index (χ0) is 22.7. The molecule has 0 radical (unpaired) electrons. The average Bonchev–Trinajstić information content (AvgIpc) is 2.74. The lowest BCUT2D eigenvalue weighted by molar-refractivity contribution is 0.704. The number of para-hydroxylation sites is 1. The highest BCUT2D eigenvalue weighted by molar-refractivity contribution is 6.35. The number of hydrogen-bond acceptors (Lipinski definition) is 5. The van der Waals surface area contributed by atoms with Gasteiger partial charge in [0.2, 0.25) is 5.95 Å². The SMILES string of the molecule is CCN(c1ccc(Nc2nc(Nc3cc(Cl)cc(Cl)c3)nc3ccccc23)cc1)C(C)C. The fourth-order valence-corrected chi connectivity index (χ4v) is 4.23. The van der Waals surface area contributed by atoms with Crippen molar-refractivity contribution in [3.8, 4) is 0 Å². The molecule has 0 amide bonds. The lowest BCUT2D eigenvalue weighted by atomic mass is 10.2. The van der Waals surface area contributed by atoms with E-state index in [9.17, 15) is 0 Å². The van der Waals surface area contributed by atoms with Crippen LogP contribution in [0.4, 0.5) is 28.8 Å². The van der Waals surface area contributed by atoms with E-state index in [1.165, 1.54) is 5.69 Å². The van der Waals surface area contributed by atoms with Crippen LogP contribution in [-0.2, 0) is 0 Å². The fraction of sp³-hybridized carbons (Fsp3) is 0.200. The first-order valence-corrected chi connectivity index (χ1v) is 11.3. The summed E-state index contributed by atoms with van der Waals surface area (Å²) in [5, 5.41) is 8.68. The molecule has 1 aromatic heterocycles. The molecule has 4 aromatic rings. The van der Waals surface area contributed by atoms with Crippen LogP contribution >= 0.6 is 23.2 Å². The molecule has 0 aliphatic heterocycles. The smallest absolute Gasteiger partial charge is 0.229 e. The Morgan fingerprint density at radius 2 is 1.53 bits per heavy atom. The molecule has 0 aliphatic carbocycles. The van der Waals surface area contributed by atoms with Gasteiger partial charge in [-0.3, -0.25) is 0 Å². The Morgan fingerprint density at radius 3 is 2.19 bits per heavy atom. The van der Waals surface area contributed by atoms with Gasteiger partial charge in [-0.05, 0) is 75.4 Å². The van der Waals surface area contributed by atoms with Crippen LogP contribution in [0.3, 0.4) is 0 Å². The first-order valence-electron chi connectivity index (χ1n) is 10.6. The Bertz CT molecular complexity index is 1200. The number of halogens is 2. The van der Waals surface area contributed by atoms with E-state index in [0.29, 0.717) is 22.0 Å². The minimum atomic E-state index is 0.443. The predicted molar refractivity (Wildman–Crippen MR) is 137 cm³/mol.